The Morgan fingerprint density at radius 3 is 2.89 bits per heavy atom. The second-order valence-corrected chi connectivity index (χ2v) is 7.75. The van der Waals surface area contributed by atoms with Gasteiger partial charge in [0.2, 0.25) is 0 Å². The molecule has 0 unspecified atom stereocenters. The van der Waals surface area contributed by atoms with Gasteiger partial charge in [-0.05, 0) is 42.4 Å². The van der Waals surface area contributed by atoms with Crippen molar-refractivity contribution in [3.05, 3.63) is 46.0 Å². The van der Waals surface area contributed by atoms with Crippen molar-refractivity contribution in [1.82, 2.24) is 5.32 Å². The van der Waals surface area contributed by atoms with Gasteiger partial charge in [0.15, 0.2) is 0 Å². The van der Waals surface area contributed by atoms with Crippen molar-refractivity contribution in [2.75, 3.05) is 0 Å². The number of benzene rings is 1. The molecule has 2 bridgehead atoms. The summed E-state index contributed by atoms with van der Waals surface area (Å²) in [6.45, 7) is 11.1. The van der Waals surface area contributed by atoms with Crippen LogP contribution in [0, 0.1) is 5.41 Å². The predicted molar refractivity (Wildman–Crippen MR) is 84.4 cm³/mol. The van der Waals surface area contributed by atoms with Crippen molar-refractivity contribution < 1.29 is 0 Å². The number of rotatable bonds is 2. The van der Waals surface area contributed by atoms with Crippen LogP contribution in [0.1, 0.15) is 56.7 Å². The number of piperidine rings is 1. The molecule has 1 nitrogen and oxygen atoms in total. The van der Waals surface area contributed by atoms with E-state index in [9.17, 15) is 0 Å². The smallest absolute Gasteiger partial charge is 0.0331 e. The van der Waals surface area contributed by atoms with Gasteiger partial charge in [0.25, 0.3) is 0 Å². The van der Waals surface area contributed by atoms with E-state index in [2.05, 4.69) is 66.8 Å². The van der Waals surface area contributed by atoms with Crippen molar-refractivity contribution in [3.63, 3.8) is 0 Å². The van der Waals surface area contributed by atoms with Gasteiger partial charge in [0.1, 0.15) is 0 Å². The molecule has 0 saturated carbocycles. The minimum Gasteiger partial charge on any atom is -0.306 e. The molecule has 4 rings (SSSR count). The van der Waals surface area contributed by atoms with E-state index in [4.69, 9.17) is 0 Å². The highest BCUT2D eigenvalue weighted by Crippen LogP contribution is 2.57. The lowest BCUT2D eigenvalue weighted by Gasteiger charge is -2.54. The average Bonchev–Trinajstić information content (AvgIpc) is 2.27. The zero-order valence-corrected chi connectivity index (χ0v) is 13.5. The summed E-state index contributed by atoms with van der Waals surface area (Å²) < 4.78 is 1.28. The van der Waals surface area contributed by atoms with Gasteiger partial charge >= 0.3 is 0 Å². The van der Waals surface area contributed by atoms with E-state index < -0.39 is 0 Å². The first kappa shape index (κ1) is 13.4. The highest BCUT2D eigenvalue weighted by atomic mass is 79.9. The van der Waals surface area contributed by atoms with Gasteiger partial charge in [0.05, 0.1) is 0 Å². The number of nitrogens with one attached hydrogen (secondary N) is 1. The Kier molecular flexibility index (Phi) is 3.14. The van der Waals surface area contributed by atoms with Gasteiger partial charge in [-0.2, -0.15) is 0 Å². The topological polar surface area (TPSA) is 12.0 Å². The zero-order valence-electron chi connectivity index (χ0n) is 12.0. The SMILES string of the molecule is C=C(C)C[C@H]1N[C@H]2CC(C)(C)[C@@H]1c1c(Br)cccc12. The Bertz CT molecular complexity index is 532. The van der Waals surface area contributed by atoms with Gasteiger partial charge in [-0.25, -0.2) is 0 Å². The van der Waals surface area contributed by atoms with E-state index in [1.165, 1.54) is 27.6 Å². The molecule has 0 spiro atoms. The lowest BCUT2D eigenvalue weighted by atomic mass is 9.58. The predicted octanol–water partition coefficient (Wildman–Crippen LogP) is 4.94. The minimum atomic E-state index is 0.354. The van der Waals surface area contributed by atoms with Crippen molar-refractivity contribution in [2.45, 2.75) is 51.6 Å². The third kappa shape index (κ3) is 2.09. The van der Waals surface area contributed by atoms with Gasteiger partial charge < -0.3 is 5.32 Å². The van der Waals surface area contributed by atoms with Crippen molar-refractivity contribution >= 4 is 15.9 Å². The second-order valence-electron chi connectivity index (χ2n) is 6.90. The summed E-state index contributed by atoms with van der Waals surface area (Å²) in [6.07, 6.45) is 2.30. The van der Waals surface area contributed by atoms with E-state index in [-0.39, 0.29) is 0 Å². The largest absolute Gasteiger partial charge is 0.306 e. The molecule has 1 aromatic rings. The lowest BCUT2D eigenvalue weighted by molar-refractivity contribution is 0.103. The van der Waals surface area contributed by atoms with Crippen molar-refractivity contribution in [1.29, 1.82) is 0 Å². The monoisotopic (exact) mass is 319 g/mol. The Morgan fingerprint density at radius 1 is 1.47 bits per heavy atom. The quantitative estimate of drug-likeness (QED) is 0.761. The Balaban J connectivity index is 2.11. The second kappa shape index (κ2) is 4.46. The van der Waals surface area contributed by atoms with Crippen LogP contribution in [-0.4, -0.2) is 6.04 Å². The van der Waals surface area contributed by atoms with Gasteiger partial charge in [-0.3, -0.25) is 0 Å². The maximum atomic E-state index is 4.11. The number of halogens is 1. The molecule has 1 N–H and O–H groups in total. The molecule has 19 heavy (non-hydrogen) atoms. The Hall–Kier alpha value is -0.600. The van der Waals surface area contributed by atoms with Crippen LogP contribution >= 0.6 is 15.9 Å². The summed E-state index contributed by atoms with van der Waals surface area (Å²) in [5.41, 5.74) is 4.66. The third-order valence-electron chi connectivity index (χ3n) is 4.73. The molecule has 2 aliphatic heterocycles. The molecule has 1 aromatic carbocycles. The Morgan fingerprint density at radius 2 is 2.21 bits per heavy atom. The average molecular weight is 320 g/mol. The lowest BCUT2D eigenvalue weighted by Crippen LogP contribution is -2.54. The first-order valence-corrected chi connectivity index (χ1v) is 7.88. The number of fused-ring (bicyclic) bond motifs is 2. The van der Waals surface area contributed by atoms with E-state index in [0.29, 0.717) is 23.4 Å². The van der Waals surface area contributed by atoms with Gasteiger partial charge in [0, 0.05) is 22.5 Å². The van der Waals surface area contributed by atoms with Crippen LogP contribution in [0.3, 0.4) is 0 Å². The molecule has 1 saturated heterocycles. The Labute approximate surface area is 124 Å². The minimum absolute atomic E-state index is 0.354. The summed E-state index contributed by atoms with van der Waals surface area (Å²) in [7, 11) is 0. The van der Waals surface area contributed by atoms with E-state index in [0.717, 1.165) is 6.42 Å². The molecule has 2 heteroatoms. The molecule has 0 amide bonds. The third-order valence-corrected chi connectivity index (χ3v) is 5.42. The highest BCUT2D eigenvalue weighted by molar-refractivity contribution is 9.10. The van der Waals surface area contributed by atoms with Crippen LogP contribution in [0.2, 0.25) is 0 Å². The molecule has 102 valence electrons. The van der Waals surface area contributed by atoms with E-state index in [1.54, 1.807) is 0 Å². The van der Waals surface area contributed by atoms with Crippen molar-refractivity contribution in [2.24, 2.45) is 5.41 Å². The van der Waals surface area contributed by atoms with E-state index >= 15 is 0 Å². The fourth-order valence-corrected chi connectivity index (χ4v) is 4.77. The summed E-state index contributed by atoms with van der Waals surface area (Å²) in [5, 5.41) is 3.84. The van der Waals surface area contributed by atoms with E-state index in [1.807, 2.05) is 0 Å². The molecular weight excluding hydrogens is 298 g/mol. The van der Waals surface area contributed by atoms with Crippen LogP contribution in [-0.2, 0) is 0 Å². The van der Waals surface area contributed by atoms with Crippen LogP contribution in [0.15, 0.2) is 34.8 Å². The first-order valence-electron chi connectivity index (χ1n) is 7.09. The molecular formula is C17H22BrN. The zero-order chi connectivity index (χ0) is 13.8. The maximum absolute atomic E-state index is 4.11. The normalized spacial score (nSPS) is 31.1. The molecule has 0 radical (unpaired) electrons. The van der Waals surface area contributed by atoms with Crippen LogP contribution in [0.4, 0.5) is 0 Å². The molecule has 0 aromatic heterocycles. The first-order chi connectivity index (χ1) is 8.90. The fourth-order valence-electron chi connectivity index (χ4n) is 4.14. The molecule has 3 aliphatic rings. The van der Waals surface area contributed by atoms with Crippen molar-refractivity contribution in [3.8, 4) is 0 Å². The summed E-state index contributed by atoms with van der Waals surface area (Å²) >= 11 is 3.78. The molecule has 3 atom stereocenters. The maximum Gasteiger partial charge on any atom is 0.0331 e. The molecule has 1 fully saturated rings. The summed E-state index contributed by atoms with van der Waals surface area (Å²) in [4.78, 5) is 0. The van der Waals surface area contributed by atoms with Crippen LogP contribution < -0.4 is 5.32 Å². The number of hydrogen-bond donors (Lipinski definition) is 1. The standard InChI is InChI=1S/C17H22BrN/c1-10(2)8-13-16-15-11(6-5-7-12(15)18)14(19-13)9-17(16,3)4/h5-7,13-14,16,19H,1,8-9H2,2-4H3/t13-,14+,16+/m1/s1. The molecule has 2 heterocycles. The summed E-state index contributed by atoms with van der Waals surface area (Å²) in [5.74, 6) is 0.569. The van der Waals surface area contributed by atoms with Crippen LogP contribution in [0.5, 0.6) is 0 Å². The highest BCUT2D eigenvalue weighted by Gasteiger charge is 2.49. The van der Waals surface area contributed by atoms with Gasteiger partial charge in [-0.1, -0.05) is 47.5 Å². The summed E-state index contributed by atoms with van der Waals surface area (Å²) in [6, 6.07) is 7.66. The number of hydrogen-bond acceptors (Lipinski definition) is 1. The van der Waals surface area contributed by atoms with Gasteiger partial charge in [-0.15, -0.1) is 6.58 Å². The fraction of sp³-hybridized carbons (Fsp3) is 0.529. The van der Waals surface area contributed by atoms with Crippen LogP contribution in [0.25, 0.3) is 0 Å². The molecule has 1 aliphatic carbocycles.